The molecule has 0 saturated heterocycles. The van der Waals surface area contributed by atoms with Crippen molar-refractivity contribution >= 4 is 11.7 Å². The van der Waals surface area contributed by atoms with Crippen molar-refractivity contribution in [1.29, 1.82) is 0 Å². The summed E-state index contributed by atoms with van der Waals surface area (Å²) < 4.78 is 0. The molecule has 0 saturated carbocycles. The third-order valence-corrected chi connectivity index (χ3v) is 5.16. The molecule has 3 unspecified atom stereocenters. The Morgan fingerprint density at radius 2 is 1.61 bits per heavy atom. The molecule has 2 aromatic carbocycles. The largest absolute Gasteiger partial charge is 0.480 e. The highest BCUT2D eigenvalue weighted by molar-refractivity contribution is 6.13. The van der Waals surface area contributed by atoms with Gasteiger partial charge in [-0.3, -0.25) is 4.99 Å². The van der Waals surface area contributed by atoms with E-state index < -0.39 is 12.0 Å². The lowest BCUT2D eigenvalue weighted by Crippen LogP contribution is -2.30. The van der Waals surface area contributed by atoms with Crippen molar-refractivity contribution in [3.05, 3.63) is 84.4 Å². The standard InChI is InChI=1S/C25H31NO2/c1-4-6-13-19(3)18-20(5-2)24(25(27)28)26-23(21-14-9-7-10-15-21)22-16-11-8-12-17-22/h4,7-12,14-17,19-20,24H,1,5-6,13,18H2,2-3H3,(H,27,28). The van der Waals surface area contributed by atoms with Gasteiger partial charge in [-0.15, -0.1) is 6.58 Å². The Hall–Kier alpha value is -2.68. The van der Waals surface area contributed by atoms with Gasteiger partial charge in [-0.2, -0.15) is 0 Å². The van der Waals surface area contributed by atoms with Crippen molar-refractivity contribution < 1.29 is 9.90 Å². The first-order chi connectivity index (χ1) is 13.6. The summed E-state index contributed by atoms with van der Waals surface area (Å²) in [6.45, 7) is 8.03. The molecule has 3 nitrogen and oxygen atoms in total. The third-order valence-electron chi connectivity index (χ3n) is 5.16. The van der Waals surface area contributed by atoms with Gasteiger partial charge in [-0.05, 0) is 31.1 Å². The molecule has 2 rings (SSSR count). The van der Waals surface area contributed by atoms with Crippen LogP contribution in [0, 0.1) is 11.8 Å². The maximum absolute atomic E-state index is 12.2. The van der Waals surface area contributed by atoms with Gasteiger partial charge in [0.25, 0.3) is 0 Å². The number of aliphatic imine (C=N–C) groups is 1. The molecule has 0 radical (unpaired) electrons. The second-order valence-electron chi connectivity index (χ2n) is 7.37. The summed E-state index contributed by atoms with van der Waals surface area (Å²) in [4.78, 5) is 17.0. The molecule has 0 fully saturated rings. The van der Waals surface area contributed by atoms with E-state index >= 15 is 0 Å². The van der Waals surface area contributed by atoms with Gasteiger partial charge in [0.2, 0.25) is 0 Å². The smallest absolute Gasteiger partial charge is 0.328 e. The number of carboxylic acids is 1. The van der Waals surface area contributed by atoms with Gasteiger partial charge in [0.15, 0.2) is 6.04 Å². The minimum atomic E-state index is -0.855. The van der Waals surface area contributed by atoms with Crippen LogP contribution in [0.3, 0.4) is 0 Å². The highest BCUT2D eigenvalue weighted by Gasteiger charge is 2.28. The predicted molar refractivity (Wildman–Crippen MR) is 117 cm³/mol. The Morgan fingerprint density at radius 1 is 1.07 bits per heavy atom. The molecule has 0 aliphatic heterocycles. The number of allylic oxidation sites excluding steroid dienone is 1. The summed E-state index contributed by atoms with van der Waals surface area (Å²) in [5.41, 5.74) is 2.62. The maximum Gasteiger partial charge on any atom is 0.328 e. The maximum atomic E-state index is 12.2. The monoisotopic (exact) mass is 377 g/mol. The summed E-state index contributed by atoms with van der Waals surface area (Å²) in [5.74, 6) is -0.413. The lowest BCUT2D eigenvalue weighted by atomic mass is 9.85. The molecule has 3 heteroatoms. The van der Waals surface area contributed by atoms with Gasteiger partial charge in [0, 0.05) is 11.1 Å². The lowest BCUT2D eigenvalue weighted by molar-refractivity contribution is -0.140. The second kappa shape index (κ2) is 11.2. The molecule has 28 heavy (non-hydrogen) atoms. The Morgan fingerprint density at radius 3 is 2.04 bits per heavy atom. The van der Waals surface area contributed by atoms with Crippen LogP contribution in [0.15, 0.2) is 78.3 Å². The van der Waals surface area contributed by atoms with E-state index in [0.29, 0.717) is 5.92 Å². The first kappa shape index (κ1) is 21.6. The molecular weight excluding hydrogens is 346 g/mol. The van der Waals surface area contributed by atoms with Crippen molar-refractivity contribution in [2.45, 2.75) is 45.6 Å². The van der Waals surface area contributed by atoms with E-state index in [1.54, 1.807) is 0 Å². The Kier molecular flexibility index (Phi) is 8.67. The second-order valence-corrected chi connectivity index (χ2v) is 7.37. The summed E-state index contributed by atoms with van der Waals surface area (Å²) in [7, 11) is 0. The Labute approximate surface area is 168 Å². The van der Waals surface area contributed by atoms with Crippen LogP contribution >= 0.6 is 0 Å². The number of benzene rings is 2. The van der Waals surface area contributed by atoms with Gasteiger partial charge in [-0.25, -0.2) is 4.79 Å². The number of hydrogen-bond donors (Lipinski definition) is 1. The van der Waals surface area contributed by atoms with Crippen LogP contribution in [0.2, 0.25) is 0 Å². The number of carbonyl (C=O) groups is 1. The summed E-state index contributed by atoms with van der Waals surface area (Å²) in [6.07, 6.45) is 5.54. The van der Waals surface area contributed by atoms with E-state index in [0.717, 1.165) is 42.5 Å². The molecule has 3 atom stereocenters. The molecule has 0 amide bonds. The van der Waals surface area contributed by atoms with Crippen LogP contribution in [-0.2, 0) is 4.79 Å². The normalized spacial score (nSPS) is 13.9. The van der Waals surface area contributed by atoms with Crippen LogP contribution in [0.25, 0.3) is 0 Å². The van der Waals surface area contributed by atoms with Gasteiger partial charge in [0.05, 0.1) is 5.71 Å². The van der Waals surface area contributed by atoms with Crippen molar-refractivity contribution in [2.24, 2.45) is 16.8 Å². The van der Waals surface area contributed by atoms with Crippen LogP contribution in [0.4, 0.5) is 0 Å². The van der Waals surface area contributed by atoms with Crippen molar-refractivity contribution in [3.63, 3.8) is 0 Å². The summed E-state index contributed by atoms with van der Waals surface area (Å²) >= 11 is 0. The fourth-order valence-electron chi connectivity index (χ4n) is 3.57. The first-order valence-corrected chi connectivity index (χ1v) is 10.1. The quantitative estimate of drug-likeness (QED) is 0.386. The predicted octanol–water partition coefficient (Wildman–Crippen LogP) is 6.00. The van der Waals surface area contributed by atoms with Crippen molar-refractivity contribution in [1.82, 2.24) is 0 Å². The third kappa shape index (κ3) is 6.19. The van der Waals surface area contributed by atoms with Gasteiger partial charge >= 0.3 is 5.97 Å². The Bertz CT molecular complexity index is 726. The van der Waals surface area contributed by atoms with E-state index in [-0.39, 0.29) is 5.92 Å². The fourth-order valence-corrected chi connectivity index (χ4v) is 3.57. The zero-order chi connectivity index (χ0) is 20.4. The van der Waals surface area contributed by atoms with Gasteiger partial charge in [-0.1, -0.05) is 87.0 Å². The zero-order valence-corrected chi connectivity index (χ0v) is 16.9. The first-order valence-electron chi connectivity index (χ1n) is 10.1. The number of rotatable bonds is 11. The van der Waals surface area contributed by atoms with Gasteiger partial charge < -0.3 is 5.11 Å². The Balaban J connectivity index is 2.40. The van der Waals surface area contributed by atoms with E-state index in [1.165, 1.54) is 0 Å². The molecule has 1 N–H and O–H groups in total. The molecule has 0 bridgehead atoms. The molecule has 0 aliphatic carbocycles. The molecule has 0 aliphatic rings. The number of nitrogens with zero attached hydrogens (tertiary/aromatic N) is 1. The molecule has 0 aromatic heterocycles. The van der Waals surface area contributed by atoms with Crippen molar-refractivity contribution in [2.75, 3.05) is 0 Å². The summed E-state index contributed by atoms with van der Waals surface area (Å²) in [6, 6.07) is 18.9. The topological polar surface area (TPSA) is 49.7 Å². The number of hydrogen-bond acceptors (Lipinski definition) is 2. The minimum Gasteiger partial charge on any atom is -0.480 e. The van der Waals surface area contributed by atoms with Crippen LogP contribution < -0.4 is 0 Å². The van der Waals surface area contributed by atoms with E-state index in [1.807, 2.05) is 66.7 Å². The molecule has 148 valence electrons. The van der Waals surface area contributed by atoms with Gasteiger partial charge in [0.1, 0.15) is 0 Å². The van der Waals surface area contributed by atoms with Crippen LogP contribution in [0.5, 0.6) is 0 Å². The van der Waals surface area contributed by atoms with Crippen LogP contribution in [0.1, 0.15) is 50.7 Å². The van der Waals surface area contributed by atoms with E-state index in [4.69, 9.17) is 4.99 Å². The number of carboxylic acid groups (broad SMARTS) is 1. The fraction of sp³-hybridized carbons (Fsp3) is 0.360. The average Bonchev–Trinajstić information content (AvgIpc) is 2.72. The lowest BCUT2D eigenvalue weighted by Gasteiger charge is -2.24. The zero-order valence-electron chi connectivity index (χ0n) is 16.9. The van der Waals surface area contributed by atoms with Crippen molar-refractivity contribution in [3.8, 4) is 0 Å². The SMILES string of the molecule is C=CCCC(C)CC(CC)C(N=C(c1ccccc1)c1ccccc1)C(=O)O. The van der Waals surface area contributed by atoms with Crippen LogP contribution in [-0.4, -0.2) is 22.8 Å². The average molecular weight is 378 g/mol. The molecular formula is C25H31NO2. The van der Waals surface area contributed by atoms with E-state index in [2.05, 4.69) is 20.4 Å². The summed E-state index contributed by atoms with van der Waals surface area (Å²) in [5, 5.41) is 9.98. The highest BCUT2D eigenvalue weighted by atomic mass is 16.4. The minimum absolute atomic E-state index is 0.000241. The highest BCUT2D eigenvalue weighted by Crippen LogP contribution is 2.26. The number of aliphatic carboxylic acids is 1. The van der Waals surface area contributed by atoms with E-state index in [9.17, 15) is 9.90 Å². The molecule has 0 heterocycles. The molecule has 2 aromatic rings. The molecule has 0 spiro atoms.